The lowest BCUT2D eigenvalue weighted by atomic mass is 10.2. The lowest BCUT2D eigenvalue weighted by molar-refractivity contribution is -0.130. The van der Waals surface area contributed by atoms with Crippen LogP contribution in [0.1, 0.15) is 31.5 Å². The Kier molecular flexibility index (Phi) is 4.72. The van der Waals surface area contributed by atoms with Gasteiger partial charge in [-0.05, 0) is 13.8 Å². The molecule has 1 aromatic heterocycles. The van der Waals surface area contributed by atoms with E-state index < -0.39 is 0 Å². The highest BCUT2D eigenvalue weighted by Gasteiger charge is 2.29. The summed E-state index contributed by atoms with van der Waals surface area (Å²) in [5.41, 5.74) is 0. The largest absolute Gasteiger partial charge is 0.374 e. The number of hydrogen-bond donors (Lipinski definition) is 0. The average Bonchev–Trinajstić information content (AvgIpc) is 2.83. The summed E-state index contributed by atoms with van der Waals surface area (Å²) in [6.07, 6.45) is 0. The Balaban J connectivity index is 2.08. The van der Waals surface area contributed by atoms with E-state index in [0.717, 1.165) is 24.7 Å². The summed E-state index contributed by atoms with van der Waals surface area (Å²) in [6, 6.07) is 0.0931. The highest BCUT2D eigenvalue weighted by atomic mass is 16.5. The van der Waals surface area contributed by atoms with Crippen molar-refractivity contribution in [3.63, 3.8) is 0 Å². The molecule has 1 unspecified atom stereocenters. The molecule has 1 amide bonds. The third kappa shape index (κ3) is 2.99. The molecule has 0 radical (unpaired) electrons. The molecule has 1 aliphatic heterocycles. The van der Waals surface area contributed by atoms with E-state index in [1.807, 2.05) is 6.92 Å². The Hall–Kier alpha value is -1.47. The SMILES string of the molecule is CCOCc1nnc2n1CCN(CC(=O)N(C)C)C2C. The standard InChI is InChI=1S/C13H23N5O2/c1-5-20-9-11-14-15-13-10(2)17(6-7-18(11)13)8-12(19)16(3)4/h10H,5-9H2,1-4H3. The number of ether oxygens (including phenoxy) is 1. The fourth-order valence-electron chi connectivity index (χ4n) is 2.32. The van der Waals surface area contributed by atoms with Gasteiger partial charge in [-0.1, -0.05) is 0 Å². The molecule has 1 aliphatic rings. The molecule has 0 saturated carbocycles. The van der Waals surface area contributed by atoms with Crippen LogP contribution >= 0.6 is 0 Å². The van der Waals surface area contributed by atoms with Gasteiger partial charge >= 0.3 is 0 Å². The van der Waals surface area contributed by atoms with Crippen molar-refractivity contribution in [3.8, 4) is 0 Å². The van der Waals surface area contributed by atoms with Crippen molar-refractivity contribution in [2.45, 2.75) is 33.0 Å². The first kappa shape index (κ1) is 14.9. The molecule has 0 saturated heterocycles. The maximum absolute atomic E-state index is 11.8. The van der Waals surface area contributed by atoms with E-state index in [1.54, 1.807) is 19.0 Å². The molecule has 0 N–H and O–H groups in total. The molecule has 2 heterocycles. The molecular formula is C13H23N5O2. The second-order valence-electron chi connectivity index (χ2n) is 5.20. The van der Waals surface area contributed by atoms with Gasteiger partial charge in [-0.2, -0.15) is 0 Å². The van der Waals surface area contributed by atoms with Gasteiger partial charge < -0.3 is 14.2 Å². The summed E-state index contributed by atoms with van der Waals surface area (Å²) in [5, 5.41) is 8.46. The van der Waals surface area contributed by atoms with E-state index in [1.165, 1.54) is 0 Å². The normalized spacial score (nSPS) is 18.9. The van der Waals surface area contributed by atoms with E-state index >= 15 is 0 Å². The van der Waals surface area contributed by atoms with E-state index in [2.05, 4.69) is 26.6 Å². The third-order valence-corrected chi connectivity index (χ3v) is 3.66. The lowest BCUT2D eigenvalue weighted by Crippen LogP contribution is -2.43. The van der Waals surface area contributed by atoms with Crippen LogP contribution in [0.5, 0.6) is 0 Å². The van der Waals surface area contributed by atoms with Crippen LogP contribution in [0, 0.1) is 0 Å². The van der Waals surface area contributed by atoms with Gasteiger partial charge in [-0.3, -0.25) is 9.69 Å². The second kappa shape index (κ2) is 6.32. The number of likely N-dealkylation sites (N-methyl/N-ethyl adjacent to an activating group) is 1. The second-order valence-corrected chi connectivity index (χ2v) is 5.20. The molecule has 0 aliphatic carbocycles. The number of carbonyl (C=O) groups is 1. The first-order valence-electron chi connectivity index (χ1n) is 6.98. The number of rotatable bonds is 5. The van der Waals surface area contributed by atoms with Gasteiger partial charge in [-0.15, -0.1) is 10.2 Å². The van der Waals surface area contributed by atoms with E-state index in [4.69, 9.17) is 4.74 Å². The van der Waals surface area contributed by atoms with Crippen LogP contribution in [-0.2, 0) is 22.7 Å². The first-order valence-corrected chi connectivity index (χ1v) is 6.98. The predicted molar refractivity (Wildman–Crippen MR) is 74.0 cm³/mol. The monoisotopic (exact) mass is 281 g/mol. The summed E-state index contributed by atoms with van der Waals surface area (Å²) in [7, 11) is 3.55. The number of aromatic nitrogens is 3. The first-order chi connectivity index (χ1) is 9.54. The van der Waals surface area contributed by atoms with Crippen molar-refractivity contribution < 1.29 is 9.53 Å². The van der Waals surface area contributed by atoms with Crippen LogP contribution in [0.25, 0.3) is 0 Å². The molecule has 112 valence electrons. The predicted octanol–water partition coefficient (Wildman–Crippen LogP) is 0.279. The number of carbonyl (C=O) groups excluding carboxylic acids is 1. The Morgan fingerprint density at radius 2 is 2.15 bits per heavy atom. The Labute approximate surface area is 119 Å². The van der Waals surface area contributed by atoms with Gasteiger partial charge in [-0.25, -0.2) is 0 Å². The number of nitrogens with zero attached hydrogens (tertiary/aromatic N) is 5. The smallest absolute Gasteiger partial charge is 0.236 e. The number of hydrogen-bond acceptors (Lipinski definition) is 5. The van der Waals surface area contributed by atoms with Crippen molar-refractivity contribution in [1.29, 1.82) is 0 Å². The van der Waals surface area contributed by atoms with Gasteiger partial charge in [0.15, 0.2) is 5.82 Å². The maximum atomic E-state index is 11.8. The molecule has 0 fully saturated rings. The van der Waals surface area contributed by atoms with E-state index in [9.17, 15) is 4.79 Å². The quantitative estimate of drug-likeness (QED) is 0.775. The van der Waals surface area contributed by atoms with Gasteiger partial charge in [0, 0.05) is 33.8 Å². The van der Waals surface area contributed by atoms with Gasteiger partial charge in [0.05, 0.1) is 12.6 Å². The van der Waals surface area contributed by atoms with Crippen LogP contribution in [0.2, 0.25) is 0 Å². The van der Waals surface area contributed by atoms with Crippen LogP contribution in [0.4, 0.5) is 0 Å². The van der Waals surface area contributed by atoms with Crippen molar-refractivity contribution >= 4 is 5.91 Å². The molecule has 0 aromatic carbocycles. The highest BCUT2D eigenvalue weighted by molar-refractivity contribution is 5.77. The molecule has 7 nitrogen and oxygen atoms in total. The maximum Gasteiger partial charge on any atom is 0.236 e. The Morgan fingerprint density at radius 1 is 1.40 bits per heavy atom. The van der Waals surface area contributed by atoms with Crippen molar-refractivity contribution in [3.05, 3.63) is 11.6 Å². The minimum Gasteiger partial charge on any atom is -0.374 e. The van der Waals surface area contributed by atoms with Crippen LogP contribution < -0.4 is 0 Å². The van der Waals surface area contributed by atoms with Crippen molar-refractivity contribution in [1.82, 2.24) is 24.6 Å². The lowest BCUT2D eigenvalue weighted by Gasteiger charge is -2.33. The van der Waals surface area contributed by atoms with Gasteiger partial charge in [0.2, 0.25) is 5.91 Å². The van der Waals surface area contributed by atoms with Gasteiger partial charge in [0.25, 0.3) is 0 Å². The molecule has 7 heteroatoms. The Morgan fingerprint density at radius 3 is 2.80 bits per heavy atom. The molecule has 1 atom stereocenters. The number of amides is 1. The van der Waals surface area contributed by atoms with Crippen LogP contribution in [0.15, 0.2) is 0 Å². The minimum atomic E-state index is 0.0931. The van der Waals surface area contributed by atoms with E-state index in [0.29, 0.717) is 19.8 Å². The summed E-state index contributed by atoms with van der Waals surface area (Å²) in [5.74, 6) is 1.89. The average molecular weight is 281 g/mol. The zero-order valence-corrected chi connectivity index (χ0v) is 12.7. The van der Waals surface area contributed by atoms with Crippen LogP contribution in [0.3, 0.4) is 0 Å². The summed E-state index contributed by atoms with van der Waals surface area (Å²) >= 11 is 0. The fraction of sp³-hybridized carbons (Fsp3) is 0.769. The Bertz CT molecular complexity index is 471. The summed E-state index contributed by atoms with van der Waals surface area (Å²) in [6.45, 7) is 7.23. The number of fused-ring (bicyclic) bond motifs is 1. The van der Waals surface area contributed by atoms with Crippen molar-refractivity contribution in [2.24, 2.45) is 0 Å². The minimum absolute atomic E-state index is 0.0931. The van der Waals surface area contributed by atoms with E-state index in [-0.39, 0.29) is 11.9 Å². The molecule has 0 spiro atoms. The third-order valence-electron chi connectivity index (χ3n) is 3.66. The topological polar surface area (TPSA) is 63.5 Å². The molecular weight excluding hydrogens is 258 g/mol. The molecule has 2 rings (SSSR count). The van der Waals surface area contributed by atoms with Crippen molar-refractivity contribution in [2.75, 3.05) is 33.8 Å². The molecule has 0 bridgehead atoms. The molecule has 20 heavy (non-hydrogen) atoms. The van der Waals surface area contributed by atoms with Gasteiger partial charge in [0.1, 0.15) is 12.4 Å². The summed E-state index contributed by atoms with van der Waals surface area (Å²) < 4.78 is 7.51. The molecule has 1 aromatic rings. The van der Waals surface area contributed by atoms with Crippen LogP contribution in [-0.4, -0.2) is 64.3 Å². The fourth-order valence-corrected chi connectivity index (χ4v) is 2.32. The zero-order valence-electron chi connectivity index (χ0n) is 12.7. The zero-order chi connectivity index (χ0) is 14.7. The summed E-state index contributed by atoms with van der Waals surface area (Å²) in [4.78, 5) is 15.6. The highest BCUT2D eigenvalue weighted by Crippen LogP contribution is 2.24.